The normalized spacial score (nSPS) is 24.9. The summed E-state index contributed by atoms with van der Waals surface area (Å²) >= 11 is 0. The summed E-state index contributed by atoms with van der Waals surface area (Å²) in [5.41, 5.74) is 1.96. The van der Waals surface area contributed by atoms with Gasteiger partial charge in [-0.2, -0.15) is 0 Å². The largest absolute Gasteiger partial charge is 0.372 e. The molecule has 1 saturated heterocycles. The highest BCUT2D eigenvalue weighted by molar-refractivity contribution is 5.25. The molecule has 0 N–H and O–H groups in total. The van der Waals surface area contributed by atoms with E-state index in [-0.39, 0.29) is 0 Å². The molecule has 0 atom stereocenters. The van der Waals surface area contributed by atoms with Gasteiger partial charge in [-0.1, -0.05) is 38.2 Å². The first-order valence-corrected chi connectivity index (χ1v) is 5.96. The van der Waals surface area contributed by atoms with Crippen LogP contribution in [0.3, 0.4) is 0 Å². The van der Waals surface area contributed by atoms with E-state index in [0.29, 0.717) is 5.41 Å². The molecule has 82 valence electrons. The van der Waals surface area contributed by atoms with Crippen LogP contribution in [0.2, 0.25) is 0 Å². The number of piperidine rings is 1. The Hall–Kier alpha value is -0.980. The molecule has 0 bridgehead atoms. The topological polar surface area (TPSA) is 3.24 Å². The zero-order chi connectivity index (χ0) is 10.7. The van der Waals surface area contributed by atoms with E-state index in [4.69, 9.17) is 0 Å². The van der Waals surface area contributed by atoms with E-state index in [1.165, 1.54) is 31.6 Å². The van der Waals surface area contributed by atoms with Gasteiger partial charge in [0.05, 0.1) is 0 Å². The van der Waals surface area contributed by atoms with E-state index in [2.05, 4.69) is 49.1 Å². The second kappa shape index (κ2) is 4.26. The lowest BCUT2D eigenvalue weighted by Crippen LogP contribution is -2.36. The maximum absolute atomic E-state index is 2.52. The summed E-state index contributed by atoms with van der Waals surface area (Å²) in [6.45, 7) is 7.18. The Labute approximate surface area is 93.2 Å². The highest BCUT2D eigenvalue weighted by Crippen LogP contribution is 2.31. The maximum atomic E-state index is 2.52. The fourth-order valence-corrected chi connectivity index (χ4v) is 2.17. The van der Waals surface area contributed by atoms with E-state index in [9.17, 15) is 0 Å². The molecule has 1 heterocycles. The van der Waals surface area contributed by atoms with Gasteiger partial charge < -0.3 is 4.90 Å². The van der Waals surface area contributed by atoms with Crippen LogP contribution < -0.4 is 0 Å². The number of allylic oxidation sites excluding steroid dienone is 5. The molecular formula is C14H21N. The summed E-state index contributed by atoms with van der Waals surface area (Å²) in [4.78, 5) is 2.52. The van der Waals surface area contributed by atoms with Gasteiger partial charge in [-0.25, -0.2) is 0 Å². The van der Waals surface area contributed by atoms with Crippen molar-refractivity contribution in [2.45, 2.75) is 33.1 Å². The van der Waals surface area contributed by atoms with Crippen molar-refractivity contribution in [3.05, 3.63) is 36.1 Å². The molecule has 0 aromatic carbocycles. The summed E-state index contributed by atoms with van der Waals surface area (Å²) in [6, 6.07) is 0. The summed E-state index contributed by atoms with van der Waals surface area (Å²) in [7, 11) is 0. The molecule has 1 nitrogen and oxygen atoms in total. The fourth-order valence-electron chi connectivity index (χ4n) is 2.17. The van der Waals surface area contributed by atoms with Crippen LogP contribution >= 0.6 is 0 Å². The number of likely N-dealkylation sites (tertiary alicyclic amines) is 1. The van der Waals surface area contributed by atoms with Crippen LogP contribution in [0, 0.1) is 5.41 Å². The van der Waals surface area contributed by atoms with Gasteiger partial charge in [0.25, 0.3) is 0 Å². The van der Waals surface area contributed by atoms with Crippen LogP contribution in [-0.2, 0) is 0 Å². The molecule has 0 radical (unpaired) electrons. The number of nitrogens with zero attached hydrogens (tertiary/aromatic N) is 1. The van der Waals surface area contributed by atoms with E-state index in [0.717, 1.165) is 6.42 Å². The Morgan fingerprint density at radius 2 is 1.87 bits per heavy atom. The molecule has 0 saturated carbocycles. The minimum Gasteiger partial charge on any atom is -0.372 e. The van der Waals surface area contributed by atoms with Gasteiger partial charge in [-0.3, -0.25) is 0 Å². The molecule has 1 aliphatic carbocycles. The van der Waals surface area contributed by atoms with Crippen LogP contribution in [0.4, 0.5) is 0 Å². The van der Waals surface area contributed by atoms with Gasteiger partial charge in [-0.15, -0.1) is 0 Å². The van der Waals surface area contributed by atoms with Crippen LogP contribution in [0.5, 0.6) is 0 Å². The number of hydrogen-bond donors (Lipinski definition) is 0. The Bertz CT molecular complexity index is 297. The lowest BCUT2D eigenvalue weighted by molar-refractivity contribution is 0.165. The van der Waals surface area contributed by atoms with E-state index >= 15 is 0 Å². The van der Waals surface area contributed by atoms with Crippen molar-refractivity contribution >= 4 is 0 Å². The zero-order valence-electron chi connectivity index (χ0n) is 9.87. The van der Waals surface area contributed by atoms with Crippen molar-refractivity contribution in [3.8, 4) is 0 Å². The average molecular weight is 203 g/mol. The van der Waals surface area contributed by atoms with Crippen molar-refractivity contribution in [3.63, 3.8) is 0 Å². The molecular weight excluding hydrogens is 182 g/mol. The second-order valence-corrected chi connectivity index (χ2v) is 5.30. The summed E-state index contributed by atoms with van der Waals surface area (Å²) in [5, 5.41) is 0. The molecule has 0 aromatic rings. The first kappa shape index (κ1) is 10.5. The third kappa shape index (κ3) is 2.74. The molecule has 0 amide bonds. The monoisotopic (exact) mass is 203 g/mol. The van der Waals surface area contributed by atoms with Gasteiger partial charge >= 0.3 is 0 Å². The third-order valence-corrected chi connectivity index (χ3v) is 3.46. The summed E-state index contributed by atoms with van der Waals surface area (Å²) < 4.78 is 0. The fraction of sp³-hybridized carbons (Fsp3) is 0.571. The molecule has 2 aliphatic rings. The minimum absolute atomic E-state index is 0.545. The highest BCUT2D eigenvalue weighted by Gasteiger charge is 2.25. The van der Waals surface area contributed by atoms with Crippen LogP contribution in [0.1, 0.15) is 33.1 Å². The Balaban J connectivity index is 1.98. The highest BCUT2D eigenvalue weighted by atomic mass is 15.1. The molecule has 15 heavy (non-hydrogen) atoms. The van der Waals surface area contributed by atoms with Gasteiger partial charge in [0.15, 0.2) is 0 Å². The standard InChI is InChI=1S/C14H21N/c1-14(2)9-11-15(12-10-14)13-7-5-3-4-6-8-13/h3-5,7-8H,6,9-12H2,1-2H3. The van der Waals surface area contributed by atoms with Crippen molar-refractivity contribution < 1.29 is 0 Å². The van der Waals surface area contributed by atoms with Gasteiger partial charge in [0.2, 0.25) is 0 Å². The smallest absolute Gasteiger partial charge is 0.0328 e. The van der Waals surface area contributed by atoms with Crippen molar-refractivity contribution in [2.24, 2.45) is 5.41 Å². The van der Waals surface area contributed by atoms with E-state index < -0.39 is 0 Å². The first-order valence-electron chi connectivity index (χ1n) is 5.96. The molecule has 1 heteroatoms. The molecule has 1 aliphatic heterocycles. The first-order chi connectivity index (χ1) is 7.17. The van der Waals surface area contributed by atoms with Crippen molar-refractivity contribution in [1.29, 1.82) is 0 Å². The average Bonchev–Trinajstić information content (AvgIpc) is 2.46. The lowest BCUT2D eigenvalue weighted by atomic mass is 9.82. The van der Waals surface area contributed by atoms with Crippen LogP contribution in [0.15, 0.2) is 36.1 Å². The van der Waals surface area contributed by atoms with Gasteiger partial charge in [0.1, 0.15) is 0 Å². The van der Waals surface area contributed by atoms with Crippen molar-refractivity contribution in [2.75, 3.05) is 13.1 Å². The molecule has 0 unspecified atom stereocenters. The third-order valence-electron chi connectivity index (χ3n) is 3.46. The summed E-state index contributed by atoms with van der Waals surface area (Å²) in [5.74, 6) is 0. The lowest BCUT2D eigenvalue weighted by Gasteiger charge is -2.38. The minimum atomic E-state index is 0.545. The predicted octanol–water partition coefficient (Wildman–Crippen LogP) is 3.51. The van der Waals surface area contributed by atoms with Gasteiger partial charge in [0, 0.05) is 18.8 Å². The Kier molecular flexibility index (Phi) is 2.99. The Morgan fingerprint density at radius 1 is 1.13 bits per heavy atom. The van der Waals surface area contributed by atoms with E-state index in [1.54, 1.807) is 0 Å². The van der Waals surface area contributed by atoms with Gasteiger partial charge in [-0.05, 0) is 30.8 Å². The molecule has 2 rings (SSSR count). The molecule has 1 fully saturated rings. The van der Waals surface area contributed by atoms with Crippen LogP contribution in [-0.4, -0.2) is 18.0 Å². The molecule has 0 aromatic heterocycles. The quantitative estimate of drug-likeness (QED) is 0.630. The predicted molar refractivity (Wildman–Crippen MR) is 65.6 cm³/mol. The van der Waals surface area contributed by atoms with Crippen molar-refractivity contribution in [1.82, 2.24) is 4.90 Å². The number of hydrogen-bond acceptors (Lipinski definition) is 1. The maximum Gasteiger partial charge on any atom is 0.0328 e. The summed E-state index contributed by atoms with van der Waals surface area (Å²) in [6.07, 6.45) is 14.8. The van der Waals surface area contributed by atoms with Crippen LogP contribution in [0.25, 0.3) is 0 Å². The number of rotatable bonds is 1. The Morgan fingerprint density at radius 3 is 2.60 bits per heavy atom. The second-order valence-electron chi connectivity index (χ2n) is 5.30. The van der Waals surface area contributed by atoms with E-state index in [1.807, 2.05) is 0 Å². The molecule has 0 spiro atoms. The zero-order valence-corrected chi connectivity index (χ0v) is 9.87. The SMILES string of the molecule is CC1(C)CCN(C2=CCC=CC=C2)CC1.